The average Bonchev–Trinajstić information content (AvgIpc) is 3.06. The molecule has 96 valence electrons. The van der Waals surface area contributed by atoms with E-state index in [4.69, 9.17) is 10.8 Å². The first-order valence-corrected chi connectivity index (χ1v) is 6.44. The number of nitrogens with two attached hydrogens (primary N) is 1. The van der Waals surface area contributed by atoms with E-state index < -0.39 is 5.97 Å². The molecule has 0 radical (unpaired) electrons. The standard InChI is InChI=1S/C14H18N2O2/c15-10-1-3-11(4-2-10)16-7-5-14(6-8-16)9-12(14)13(17)18/h1-4,12H,5-9,15H2,(H,17,18). The molecule has 1 heterocycles. The number of carboxylic acid groups (broad SMARTS) is 1. The van der Waals surface area contributed by atoms with Gasteiger partial charge < -0.3 is 15.7 Å². The molecule has 1 aromatic carbocycles. The number of benzene rings is 1. The minimum absolute atomic E-state index is 0.0916. The molecule has 1 aromatic rings. The second kappa shape index (κ2) is 3.90. The third-order valence-electron chi connectivity index (χ3n) is 4.51. The topological polar surface area (TPSA) is 66.6 Å². The van der Waals surface area contributed by atoms with Gasteiger partial charge in [-0.15, -0.1) is 0 Å². The van der Waals surface area contributed by atoms with Gasteiger partial charge in [-0.3, -0.25) is 4.79 Å². The summed E-state index contributed by atoms with van der Waals surface area (Å²) in [6.45, 7) is 1.90. The van der Waals surface area contributed by atoms with Gasteiger partial charge in [0.05, 0.1) is 5.92 Å². The van der Waals surface area contributed by atoms with Crippen LogP contribution in [0.15, 0.2) is 24.3 Å². The summed E-state index contributed by atoms with van der Waals surface area (Å²) in [6.07, 6.45) is 2.86. The van der Waals surface area contributed by atoms with Crippen LogP contribution in [-0.4, -0.2) is 24.2 Å². The summed E-state index contributed by atoms with van der Waals surface area (Å²) < 4.78 is 0. The maximum atomic E-state index is 11.0. The van der Waals surface area contributed by atoms with Gasteiger partial charge in [0.15, 0.2) is 0 Å². The molecule has 2 fully saturated rings. The Morgan fingerprint density at radius 2 is 1.89 bits per heavy atom. The number of piperidine rings is 1. The first kappa shape index (κ1) is 11.4. The lowest BCUT2D eigenvalue weighted by Crippen LogP contribution is -2.35. The van der Waals surface area contributed by atoms with E-state index in [1.165, 1.54) is 5.69 Å². The van der Waals surface area contributed by atoms with E-state index >= 15 is 0 Å². The van der Waals surface area contributed by atoms with Crippen LogP contribution in [0.4, 0.5) is 11.4 Å². The Balaban J connectivity index is 1.64. The molecule has 3 N–H and O–H groups in total. The number of hydrogen-bond donors (Lipinski definition) is 2. The van der Waals surface area contributed by atoms with Gasteiger partial charge in [-0.05, 0) is 48.9 Å². The lowest BCUT2D eigenvalue weighted by Gasteiger charge is -2.34. The molecule has 1 aliphatic carbocycles. The molecular weight excluding hydrogens is 228 g/mol. The third-order valence-corrected chi connectivity index (χ3v) is 4.51. The van der Waals surface area contributed by atoms with Crippen molar-refractivity contribution < 1.29 is 9.90 Å². The van der Waals surface area contributed by atoms with Crippen molar-refractivity contribution in [2.75, 3.05) is 23.7 Å². The fraction of sp³-hybridized carbons (Fsp3) is 0.500. The van der Waals surface area contributed by atoms with Gasteiger partial charge in [0, 0.05) is 24.5 Å². The van der Waals surface area contributed by atoms with Crippen molar-refractivity contribution in [3.8, 4) is 0 Å². The third kappa shape index (κ3) is 1.82. The molecule has 2 aliphatic rings. The van der Waals surface area contributed by atoms with Gasteiger partial charge in [-0.2, -0.15) is 0 Å². The van der Waals surface area contributed by atoms with Gasteiger partial charge in [0.25, 0.3) is 0 Å². The molecule has 1 saturated carbocycles. The summed E-state index contributed by atoms with van der Waals surface area (Å²) in [5.41, 5.74) is 7.75. The molecule has 18 heavy (non-hydrogen) atoms. The molecule has 0 amide bonds. The minimum atomic E-state index is -0.615. The molecule has 1 atom stereocenters. The van der Waals surface area contributed by atoms with Crippen molar-refractivity contribution in [1.29, 1.82) is 0 Å². The fourth-order valence-electron chi connectivity index (χ4n) is 3.14. The van der Waals surface area contributed by atoms with E-state index in [1.54, 1.807) is 0 Å². The summed E-state index contributed by atoms with van der Waals surface area (Å²) in [5, 5.41) is 9.06. The van der Waals surface area contributed by atoms with Crippen LogP contribution in [-0.2, 0) is 4.79 Å². The van der Waals surface area contributed by atoms with Crippen molar-refractivity contribution in [3.63, 3.8) is 0 Å². The lowest BCUT2D eigenvalue weighted by atomic mass is 9.90. The summed E-state index contributed by atoms with van der Waals surface area (Å²) in [6, 6.07) is 7.90. The smallest absolute Gasteiger partial charge is 0.307 e. The van der Waals surface area contributed by atoms with Crippen LogP contribution in [0.3, 0.4) is 0 Å². The Morgan fingerprint density at radius 3 is 2.39 bits per heavy atom. The first-order chi connectivity index (χ1) is 8.61. The van der Waals surface area contributed by atoms with Crippen molar-refractivity contribution in [3.05, 3.63) is 24.3 Å². The highest BCUT2D eigenvalue weighted by Crippen LogP contribution is 2.59. The molecule has 3 rings (SSSR count). The summed E-state index contributed by atoms with van der Waals surface area (Å²) >= 11 is 0. The average molecular weight is 246 g/mol. The quantitative estimate of drug-likeness (QED) is 0.783. The van der Waals surface area contributed by atoms with Crippen LogP contribution < -0.4 is 10.6 Å². The van der Waals surface area contributed by atoms with E-state index in [1.807, 2.05) is 24.3 Å². The highest BCUT2D eigenvalue weighted by atomic mass is 16.4. The number of rotatable bonds is 2. The van der Waals surface area contributed by atoms with Gasteiger partial charge in [0.1, 0.15) is 0 Å². The molecule has 0 aromatic heterocycles. The number of anilines is 2. The van der Waals surface area contributed by atoms with E-state index in [9.17, 15) is 4.79 Å². The normalized spacial score (nSPS) is 25.1. The lowest BCUT2D eigenvalue weighted by molar-refractivity contribution is -0.139. The maximum Gasteiger partial charge on any atom is 0.307 e. The summed E-state index contributed by atoms with van der Waals surface area (Å²) in [4.78, 5) is 13.3. The monoisotopic (exact) mass is 246 g/mol. The summed E-state index contributed by atoms with van der Waals surface area (Å²) in [7, 11) is 0. The van der Waals surface area contributed by atoms with Crippen LogP contribution in [0.1, 0.15) is 19.3 Å². The SMILES string of the molecule is Nc1ccc(N2CCC3(CC2)CC3C(=O)O)cc1. The molecule has 0 bridgehead atoms. The van der Waals surface area contributed by atoms with Crippen molar-refractivity contribution in [2.24, 2.45) is 11.3 Å². The second-order valence-electron chi connectivity index (χ2n) is 5.54. The molecule has 1 unspecified atom stereocenters. The van der Waals surface area contributed by atoms with Crippen LogP contribution >= 0.6 is 0 Å². The van der Waals surface area contributed by atoms with Crippen molar-refractivity contribution in [2.45, 2.75) is 19.3 Å². The Hall–Kier alpha value is -1.71. The predicted octanol–water partition coefficient (Wildman–Crippen LogP) is 1.96. The van der Waals surface area contributed by atoms with Crippen molar-refractivity contribution >= 4 is 17.3 Å². The van der Waals surface area contributed by atoms with Gasteiger partial charge in [0.2, 0.25) is 0 Å². The minimum Gasteiger partial charge on any atom is -0.481 e. The number of hydrogen-bond acceptors (Lipinski definition) is 3. The molecule has 4 nitrogen and oxygen atoms in total. The highest BCUT2D eigenvalue weighted by molar-refractivity contribution is 5.75. The number of nitrogens with zero attached hydrogens (tertiary/aromatic N) is 1. The second-order valence-corrected chi connectivity index (χ2v) is 5.54. The summed E-state index contributed by atoms with van der Waals surface area (Å²) in [5.74, 6) is -0.706. The maximum absolute atomic E-state index is 11.0. The molecular formula is C14H18N2O2. The van der Waals surface area contributed by atoms with Gasteiger partial charge in [-0.1, -0.05) is 0 Å². The van der Waals surface area contributed by atoms with Gasteiger partial charge >= 0.3 is 5.97 Å². The predicted molar refractivity (Wildman–Crippen MR) is 70.5 cm³/mol. The highest BCUT2D eigenvalue weighted by Gasteiger charge is 2.58. The van der Waals surface area contributed by atoms with Crippen LogP contribution in [0.2, 0.25) is 0 Å². The molecule has 1 spiro atoms. The first-order valence-electron chi connectivity index (χ1n) is 6.44. The van der Waals surface area contributed by atoms with Crippen LogP contribution in [0.5, 0.6) is 0 Å². The largest absolute Gasteiger partial charge is 0.481 e. The Bertz CT molecular complexity index is 461. The van der Waals surface area contributed by atoms with Crippen molar-refractivity contribution in [1.82, 2.24) is 0 Å². The molecule has 1 aliphatic heterocycles. The van der Waals surface area contributed by atoms with E-state index in [2.05, 4.69) is 4.90 Å². The van der Waals surface area contributed by atoms with Crippen LogP contribution in [0.25, 0.3) is 0 Å². The zero-order chi connectivity index (χ0) is 12.8. The van der Waals surface area contributed by atoms with E-state index in [-0.39, 0.29) is 11.3 Å². The number of carbonyl (C=O) groups is 1. The Morgan fingerprint density at radius 1 is 1.28 bits per heavy atom. The van der Waals surface area contributed by atoms with Crippen LogP contribution in [0, 0.1) is 11.3 Å². The Labute approximate surface area is 106 Å². The zero-order valence-electron chi connectivity index (χ0n) is 10.3. The Kier molecular flexibility index (Phi) is 2.47. The molecule has 4 heteroatoms. The molecule has 1 saturated heterocycles. The number of aliphatic carboxylic acids is 1. The van der Waals surface area contributed by atoms with E-state index in [0.717, 1.165) is 38.0 Å². The number of nitrogen functional groups attached to an aromatic ring is 1. The number of carboxylic acids is 1. The van der Waals surface area contributed by atoms with Gasteiger partial charge in [-0.25, -0.2) is 0 Å². The zero-order valence-corrected chi connectivity index (χ0v) is 10.3. The fourth-order valence-corrected chi connectivity index (χ4v) is 3.14. The van der Waals surface area contributed by atoms with E-state index in [0.29, 0.717) is 0 Å².